The van der Waals surface area contributed by atoms with Gasteiger partial charge in [-0.05, 0) is 12.8 Å². The molecule has 0 aliphatic carbocycles. The van der Waals surface area contributed by atoms with Crippen molar-refractivity contribution in [1.82, 2.24) is 0 Å². The summed E-state index contributed by atoms with van der Waals surface area (Å²) in [5, 5.41) is 0. The third-order valence-electron chi connectivity index (χ3n) is 2.75. The second-order valence-corrected chi connectivity index (χ2v) is 4.38. The van der Waals surface area contributed by atoms with Crippen molar-refractivity contribution in [2.24, 2.45) is 4.99 Å². The van der Waals surface area contributed by atoms with Crippen molar-refractivity contribution in [3.63, 3.8) is 0 Å². The first-order valence-corrected chi connectivity index (χ1v) is 6.59. The Balaban J connectivity index is 2.00. The minimum absolute atomic E-state index is 0.228. The molecule has 0 amide bonds. The number of rotatable bonds is 9. The molecule has 0 fully saturated rings. The molecule has 0 aromatic rings. The number of aliphatic imine (C=N–C) groups is 1. The van der Waals surface area contributed by atoms with E-state index in [1.54, 1.807) is 0 Å². The zero-order chi connectivity index (χ0) is 11.6. The summed E-state index contributed by atoms with van der Waals surface area (Å²) in [6.45, 7) is 6.83. The van der Waals surface area contributed by atoms with Gasteiger partial charge < -0.3 is 9.47 Å². The van der Waals surface area contributed by atoms with Gasteiger partial charge in [0.05, 0.1) is 18.8 Å². The summed E-state index contributed by atoms with van der Waals surface area (Å²) >= 11 is 0. The molecule has 16 heavy (non-hydrogen) atoms. The lowest BCUT2D eigenvalue weighted by atomic mass is 10.2. The van der Waals surface area contributed by atoms with E-state index in [1.165, 1.54) is 12.8 Å². The topological polar surface area (TPSA) is 30.8 Å². The second kappa shape index (κ2) is 8.71. The molecule has 1 aliphatic heterocycles. The molecule has 0 saturated carbocycles. The zero-order valence-corrected chi connectivity index (χ0v) is 10.7. The summed E-state index contributed by atoms with van der Waals surface area (Å²) in [5.41, 5.74) is 0. The summed E-state index contributed by atoms with van der Waals surface area (Å²) in [5.74, 6) is 0. The van der Waals surface area contributed by atoms with E-state index in [0.717, 1.165) is 39.1 Å². The summed E-state index contributed by atoms with van der Waals surface area (Å²) in [7, 11) is 0. The quantitative estimate of drug-likeness (QED) is 0.567. The van der Waals surface area contributed by atoms with Gasteiger partial charge >= 0.3 is 0 Å². The van der Waals surface area contributed by atoms with Crippen LogP contribution in [0.1, 0.15) is 46.0 Å². The Hall–Kier alpha value is -0.410. The average molecular weight is 227 g/mol. The summed E-state index contributed by atoms with van der Waals surface area (Å²) in [6, 6.07) is 0.323. The Labute approximate surface area is 99.2 Å². The van der Waals surface area contributed by atoms with Crippen molar-refractivity contribution in [2.75, 3.05) is 19.8 Å². The van der Waals surface area contributed by atoms with Crippen LogP contribution in [-0.4, -0.2) is 38.2 Å². The first kappa shape index (κ1) is 13.7. The minimum atomic E-state index is 0.228. The van der Waals surface area contributed by atoms with Crippen LogP contribution >= 0.6 is 0 Å². The van der Waals surface area contributed by atoms with E-state index in [-0.39, 0.29) is 6.10 Å². The van der Waals surface area contributed by atoms with Crippen molar-refractivity contribution in [3.8, 4) is 0 Å². The fourth-order valence-electron chi connectivity index (χ4n) is 1.67. The van der Waals surface area contributed by atoms with Crippen LogP contribution in [0.25, 0.3) is 0 Å². The van der Waals surface area contributed by atoms with Crippen molar-refractivity contribution in [2.45, 2.75) is 58.1 Å². The number of nitrogens with zero attached hydrogens (tertiary/aromatic N) is 1. The Morgan fingerprint density at radius 2 is 1.94 bits per heavy atom. The third-order valence-corrected chi connectivity index (χ3v) is 2.75. The molecule has 1 rings (SSSR count). The van der Waals surface area contributed by atoms with E-state index >= 15 is 0 Å². The van der Waals surface area contributed by atoms with Crippen molar-refractivity contribution >= 4 is 6.21 Å². The Morgan fingerprint density at radius 1 is 1.19 bits per heavy atom. The monoisotopic (exact) mass is 227 g/mol. The first-order chi connectivity index (χ1) is 7.86. The maximum Gasteiger partial charge on any atom is 0.0943 e. The lowest BCUT2D eigenvalue weighted by molar-refractivity contribution is 0.0769. The lowest BCUT2D eigenvalue weighted by Gasteiger charge is -2.11. The maximum absolute atomic E-state index is 5.70. The molecule has 3 nitrogen and oxygen atoms in total. The first-order valence-electron chi connectivity index (χ1n) is 6.59. The van der Waals surface area contributed by atoms with E-state index in [0.29, 0.717) is 6.04 Å². The van der Waals surface area contributed by atoms with Crippen molar-refractivity contribution in [3.05, 3.63) is 0 Å². The van der Waals surface area contributed by atoms with Gasteiger partial charge in [-0.15, -0.1) is 0 Å². The molecule has 2 atom stereocenters. The van der Waals surface area contributed by atoms with Crippen LogP contribution in [0.15, 0.2) is 4.99 Å². The molecule has 0 radical (unpaired) electrons. The maximum atomic E-state index is 5.70. The number of hydrogen-bond donors (Lipinski definition) is 0. The third kappa shape index (κ3) is 5.61. The van der Waals surface area contributed by atoms with E-state index < -0.39 is 0 Å². The molecule has 0 saturated heterocycles. The zero-order valence-electron chi connectivity index (χ0n) is 10.7. The molecule has 0 aromatic heterocycles. The smallest absolute Gasteiger partial charge is 0.0943 e. The van der Waals surface area contributed by atoms with Crippen molar-refractivity contribution < 1.29 is 9.47 Å². The summed E-state index contributed by atoms with van der Waals surface area (Å²) < 4.78 is 11.3. The lowest BCUT2D eigenvalue weighted by Crippen LogP contribution is -2.18. The van der Waals surface area contributed by atoms with Crippen LogP contribution in [0.3, 0.4) is 0 Å². The molecule has 0 spiro atoms. The van der Waals surface area contributed by atoms with Crippen LogP contribution in [0.5, 0.6) is 0 Å². The predicted molar refractivity (Wildman–Crippen MR) is 67.3 cm³/mol. The molecule has 1 heterocycles. The van der Waals surface area contributed by atoms with Crippen LogP contribution in [0.2, 0.25) is 0 Å². The highest BCUT2D eigenvalue weighted by atomic mass is 16.5. The predicted octanol–water partition coefficient (Wildman–Crippen LogP) is 2.83. The molecular weight excluding hydrogens is 202 g/mol. The van der Waals surface area contributed by atoms with E-state index in [1.807, 2.05) is 6.21 Å². The molecule has 1 aliphatic rings. The highest BCUT2D eigenvalue weighted by molar-refractivity contribution is 5.65. The molecule has 0 unspecified atom stereocenters. The molecule has 0 N–H and O–H groups in total. The van der Waals surface area contributed by atoms with Crippen LogP contribution in [-0.2, 0) is 9.47 Å². The van der Waals surface area contributed by atoms with Gasteiger partial charge in [0.1, 0.15) is 0 Å². The Bertz CT molecular complexity index is 194. The van der Waals surface area contributed by atoms with E-state index in [9.17, 15) is 0 Å². The highest BCUT2D eigenvalue weighted by Gasteiger charge is 2.20. The van der Waals surface area contributed by atoms with Gasteiger partial charge in [0.2, 0.25) is 0 Å². The van der Waals surface area contributed by atoms with Crippen LogP contribution in [0.4, 0.5) is 0 Å². The molecule has 0 bridgehead atoms. The van der Waals surface area contributed by atoms with Gasteiger partial charge in [0.25, 0.3) is 0 Å². The Morgan fingerprint density at radius 3 is 2.69 bits per heavy atom. The largest absolute Gasteiger partial charge is 0.379 e. The second-order valence-electron chi connectivity index (χ2n) is 4.38. The number of hydrogen-bond acceptors (Lipinski definition) is 3. The SMILES string of the molecule is CCCCOC[C@H]1C[C@H](OCCCC)C=N1. The summed E-state index contributed by atoms with van der Waals surface area (Å²) in [6.07, 6.45) is 7.84. The van der Waals surface area contributed by atoms with Gasteiger partial charge in [0, 0.05) is 25.8 Å². The normalized spacial score (nSPS) is 24.1. The molecule has 94 valence electrons. The van der Waals surface area contributed by atoms with Gasteiger partial charge in [-0.25, -0.2) is 0 Å². The molecule has 3 heteroatoms. The minimum Gasteiger partial charge on any atom is -0.379 e. The van der Waals surface area contributed by atoms with E-state index in [2.05, 4.69) is 18.8 Å². The van der Waals surface area contributed by atoms with Crippen LogP contribution in [0, 0.1) is 0 Å². The molecule has 0 aromatic carbocycles. The molecular formula is C13H25NO2. The number of unbranched alkanes of at least 4 members (excludes halogenated alkanes) is 2. The van der Waals surface area contributed by atoms with Gasteiger partial charge in [-0.3, -0.25) is 4.99 Å². The average Bonchev–Trinajstić information content (AvgIpc) is 2.73. The fraction of sp³-hybridized carbons (Fsp3) is 0.923. The highest BCUT2D eigenvalue weighted by Crippen LogP contribution is 2.13. The van der Waals surface area contributed by atoms with Gasteiger partial charge in [-0.2, -0.15) is 0 Å². The summed E-state index contributed by atoms with van der Waals surface area (Å²) in [4.78, 5) is 4.42. The van der Waals surface area contributed by atoms with Gasteiger partial charge in [0.15, 0.2) is 0 Å². The van der Waals surface area contributed by atoms with Gasteiger partial charge in [-0.1, -0.05) is 26.7 Å². The standard InChI is InChI=1S/C13H25NO2/c1-3-5-7-15-11-12-9-13(10-14-12)16-8-6-4-2/h10,12-13H,3-9,11H2,1-2H3/t12-,13+/m1/s1. The van der Waals surface area contributed by atoms with E-state index in [4.69, 9.17) is 9.47 Å². The Kier molecular flexibility index (Phi) is 7.43. The fourth-order valence-corrected chi connectivity index (χ4v) is 1.67. The number of ether oxygens (including phenoxy) is 2. The van der Waals surface area contributed by atoms with Crippen LogP contribution < -0.4 is 0 Å². The van der Waals surface area contributed by atoms with Crippen molar-refractivity contribution in [1.29, 1.82) is 0 Å².